The van der Waals surface area contributed by atoms with Crippen molar-refractivity contribution in [2.75, 3.05) is 5.32 Å². The second kappa shape index (κ2) is 7.17. The smallest absolute Gasteiger partial charge is 0.278 e. The topological polar surface area (TPSA) is 109 Å². The van der Waals surface area contributed by atoms with Crippen LogP contribution in [0.4, 0.5) is 5.00 Å². The zero-order valence-corrected chi connectivity index (χ0v) is 16.6. The van der Waals surface area contributed by atoms with Gasteiger partial charge in [-0.25, -0.2) is 4.68 Å². The molecule has 0 radical (unpaired) electrons. The van der Waals surface area contributed by atoms with E-state index in [1.807, 2.05) is 6.92 Å². The van der Waals surface area contributed by atoms with Gasteiger partial charge in [0.25, 0.3) is 5.91 Å². The van der Waals surface area contributed by atoms with Crippen molar-refractivity contribution in [1.29, 1.82) is 5.26 Å². The fourth-order valence-electron chi connectivity index (χ4n) is 3.19. The molecular weight excluding hydrogens is 382 g/mol. The van der Waals surface area contributed by atoms with E-state index >= 15 is 0 Å². The number of carbonyl (C=O) groups is 1. The summed E-state index contributed by atoms with van der Waals surface area (Å²) in [6, 6.07) is 2.26. The highest BCUT2D eigenvalue weighted by Crippen LogP contribution is 2.37. The molecule has 3 aromatic rings. The van der Waals surface area contributed by atoms with Gasteiger partial charge in [0.1, 0.15) is 11.1 Å². The number of rotatable bonds is 4. The zero-order chi connectivity index (χ0) is 19.0. The molecule has 1 aliphatic carbocycles. The summed E-state index contributed by atoms with van der Waals surface area (Å²) in [6.07, 6.45) is 4.09. The van der Waals surface area contributed by atoms with Gasteiger partial charge in [0.15, 0.2) is 5.69 Å². The van der Waals surface area contributed by atoms with Gasteiger partial charge in [0.2, 0.25) is 0 Å². The molecule has 0 aliphatic heterocycles. The normalized spacial score (nSPS) is 13.2. The average molecular weight is 400 g/mol. The van der Waals surface area contributed by atoms with E-state index in [0.29, 0.717) is 22.8 Å². The average Bonchev–Trinajstić information content (AvgIpc) is 3.33. The molecule has 0 spiro atoms. The fourth-order valence-corrected chi connectivity index (χ4v) is 4.98. The number of aryl methyl sites for hydroxylation is 2. The van der Waals surface area contributed by atoms with Crippen LogP contribution in [0.3, 0.4) is 0 Å². The first-order valence-electron chi connectivity index (χ1n) is 8.62. The van der Waals surface area contributed by atoms with Crippen LogP contribution >= 0.6 is 23.1 Å². The first-order chi connectivity index (χ1) is 13.1. The number of carbonyl (C=O) groups excluding carboxylic acids is 1. The molecule has 138 valence electrons. The predicted octanol–water partition coefficient (Wildman–Crippen LogP) is 2.86. The quantitative estimate of drug-likeness (QED) is 0.722. The number of nitrogens with zero attached hydrogens (tertiary/aromatic N) is 6. The zero-order valence-electron chi connectivity index (χ0n) is 14.9. The second-order valence-electron chi connectivity index (χ2n) is 6.46. The number of aromatic nitrogens is 5. The molecule has 8 nitrogen and oxygen atoms in total. The minimum absolute atomic E-state index is 0.256. The lowest BCUT2D eigenvalue weighted by molar-refractivity contribution is 0.102. The van der Waals surface area contributed by atoms with Crippen molar-refractivity contribution in [3.63, 3.8) is 0 Å². The van der Waals surface area contributed by atoms with Crippen LogP contribution in [-0.4, -0.2) is 29.6 Å². The summed E-state index contributed by atoms with van der Waals surface area (Å²) in [5.74, 6) is -0.345. The summed E-state index contributed by atoms with van der Waals surface area (Å²) in [7, 11) is 0. The highest BCUT2D eigenvalue weighted by atomic mass is 32.1. The molecule has 1 N–H and O–H groups in total. The van der Waals surface area contributed by atoms with Crippen LogP contribution in [0.25, 0.3) is 0 Å². The number of nitriles is 1. The molecule has 1 aliphatic rings. The van der Waals surface area contributed by atoms with Gasteiger partial charge in [0, 0.05) is 4.88 Å². The Hall–Kier alpha value is -2.64. The summed E-state index contributed by atoms with van der Waals surface area (Å²) in [5.41, 5.74) is 4.26. The van der Waals surface area contributed by atoms with Crippen molar-refractivity contribution >= 4 is 34.0 Å². The van der Waals surface area contributed by atoms with E-state index in [0.717, 1.165) is 54.4 Å². The molecule has 0 saturated carbocycles. The third-order valence-electron chi connectivity index (χ3n) is 4.75. The van der Waals surface area contributed by atoms with Crippen molar-refractivity contribution in [3.05, 3.63) is 38.8 Å². The number of nitrogens with one attached hydrogen (secondary N) is 1. The Morgan fingerprint density at radius 1 is 1.30 bits per heavy atom. The third kappa shape index (κ3) is 3.24. The molecule has 0 atom stereocenters. The monoisotopic (exact) mass is 399 g/mol. The first-order valence-corrected chi connectivity index (χ1v) is 10.2. The summed E-state index contributed by atoms with van der Waals surface area (Å²) >= 11 is 2.65. The third-order valence-corrected chi connectivity index (χ3v) is 6.62. The van der Waals surface area contributed by atoms with Crippen LogP contribution < -0.4 is 5.32 Å². The molecule has 3 aromatic heterocycles. The number of thiophene rings is 1. The predicted molar refractivity (Wildman–Crippen MR) is 102 cm³/mol. The largest absolute Gasteiger partial charge is 0.311 e. The standard InChI is InChI=1S/C17H17N7OS2/c1-9-13(22-27-21-9)8-24-10(2)15(20-23-24)16(25)19-17-12(7-18)11-5-3-4-6-14(11)26-17/h3-6,8H2,1-2H3,(H,19,25). The summed E-state index contributed by atoms with van der Waals surface area (Å²) in [6.45, 7) is 4.11. The summed E-state index contributed by atoms with van der Waals surface area (Å²) in [5, 5.41) is 21.1. The molecular formula is C17H17N7OS2. The Morgan fingerprint density at radius 2 is 2.11 bits per heavy atom. The minimum Gasteiger partial charge on any atom is -0.311 e. The van der Waals surface area contributed by atoms with Crippen LogP contribution in [0.2, 0.25) is 0 Å². The Bertz CT molecular complexity index is 1060. The lowest BCUT2D eigenvalue weighted by Crippen LogP contribution is -2.14. The van der Waals surface area contributed by atoms with Gasteiger partial charge in [-0.3, -0.25) is 4.79 Å². The van der Waals surface area contributed by atoms with Crippen LogP contribution in [0.5, 0.6) is 0 Å². The Labute approximate surface area is 164 Å². The molecule has 0 fully saturated rings. The van der Waals surface area contributed by atoms with E-state index in [-0.39, 0.29) is 11.6 Å². The molecule has 1 amide bonds. The molecule has 27 heavy (non-hydrogen) atoms. The van der Waals surface area contributed by atoms with E-state index in [4.69, 9.17) is 0 Å². The van der Waals surface area contributed by atoms with E-state index in [1.54, 1.807) is 11.6 Å². The highest BCUT2D eigenvalue weighted by Gasteiger charge is 2.24. The van der Waals surface area contributed by atoms with Crippen LogP contribution in [-0.2, 0) is 19.4 Å². The summed E-state index contributed by atoms with van der Waals surface area (Å²) < 4.78 is 10.0. The lowest BCUT2D eigenvalue weighted by Gasteiger charge is -2.09. The van der Waals surface area contributed by atoms with E-state index < -0.39 is 0 Å². The van der Waals surface area contributed by atoms with Gasteiger partial charge in [-0.2, -0.15) is 14.0 Å². The van der Waals surface area contributed by atoms with Gasteiger partial charge in [-0.15, -0.1) is 16.4 Å². The number of fused-ring (bicyclic) bond motifs is 1. The maximum absolute atomic E-state index is 12.7. The van der Waals surface area contributed by atoms with Crippen molar-refractivity contribution < 1.29 is 4.79 Å². The SMILES string of the molecule is Cc1nsnc1Cn1nnc(C(=O)Nc2sc3c(c2C#N)CCCC3)c1C. The number of amides is 1. The van der Waals surface area contributed by atoms with Crippen LogP contribution in [0, 0.1) is 25.2 Å². The molecule has 3 heterocycles. The van der Waals surface area contributed by atoms with E-state index in [9.17, 15) is 10.1 Å². The lowest BCUT2D eigenvalue weighted by atomic mass is 9.96. The number of hydrogen-bond donors (Lipinski definition) is 1. The molecule has 0 unspecified atom stereocenters. The minimum atomic E-state index is -0.345. The molecule has 10 heteroatoms. The van der Waals surface area contributed by atoms with Gasteiger partial charge >= 0.3 is 0 Å². The van der Waals surface area contributed by atoms with Gasteiger partial charge in [-0.1, -0.05) is 5.21 Å². The van der Waals surface area contributed by atoms with Crippen LogP contribution in [0.1, 0.15) is 56.4 Å². The molecule has 0 aromatic carbocycles. The Kier molecular flexibility index (Phi) is 4.72. The van der Waals surface area contributed by atoms with Crippen molar-refractivity contribution in [1.82, 2.24) is 23.7 Å². The van der Waals surface area contributed by atoms with E-state index in [1.165, 1.54) is 16.2 Å². The Morgan fingerprint density at radius 3 is 2.85 bits per heavy atom. The van der Waals surface area contributed by atoms with Gasteiger partial charge in [0.05, 0.1) is 40.9 Å². The molecule has 4 rings (SSSR count). The second-order valence-corrected chi connectivity index (χ2v) is 8.09. The first kappa shape index (κ1) is 17.8. The van der Waals surface area contributed by atoms with Crippen molar-refractivity contribution in [2.24, 2.45) is 0 Å². The maximum atomic E-state index is 12.7. The highest BCUT2D eigenvalue weighted by molar-refractivity contribution is 7.16. The Balaban J connectivity index is 1.57. The van der Waals surface area contributed by atoms with Crippen LogP contribution in [0.15, 0.2) is 0 Å². The summed E-state index contributed by atoms with van der Waals surface area (Å²) in [4.78, 5) is 14.0. The number of anilines is 1. The fraction of sp³-hybridized carbons (Fsp3) is 0.412. The molecule has 0 bridgehead atoms. The van der Waals surface area contributed by atoms with E-state index in [2.05, 4.69) is 30.4 Å². The van der Waals surface area contributed by atoms with Gasteiger partial charge < -0.3 is 5.32 Å². The molecule has 0 saturated heterocycles. The van der Waals surface area contributed by atoms with Crippen molar-refractivity contribution in [3.8, 4) is 6.07 Å². The maximum Gasteiger partial charge on any atom is 0.278 e. The van der Waals surface area contributed by atoms with Gasteiger partial charge in [-0.05, 0) is 45.1 Å². The number of hydrogen-bond acceptors (Lipinski definition) is 8. The van der Waals surface area contributed by atoms with Crippen molar-refractivity contribution in [2.45, 2.75) is 46.1 Å².